The largest absolute Gasteiger partial charge is 0.465 e. The number of ether oxygens (including phenoxy) is 1. The number of nitrogens with one attached hydrogen (secondary N) is 1. The summed E-state index contributed by atoms with van der Waals surface area (Å²) in [6.07, 6.45) is 1.43. The summed E-state index contributed by atoms with van der Waals surface area (Å²) in [4.78, 5) is 11.4. The van der Waals surface area contributed by atoms with Crippen molar-refractivity contribution >= 4 is 21.7 Å². The summed E-state index contributed by atoms with van der Waals surface area (Å²) >= 11 is 0. The number of anilines is 1. The number of carbonyl (C=O) groups excluding carboxylic acids is 1. The first-order valence-corrected chi connectivity index (χ1v) is 8.52. The molecule has 0 radical (unpaired) electrons. The van der Waals surface area contributed by atoms with Crippen LogP contribution >= 0.6 is 0 Å². The van der Waals surface area contributed by atoms with E-state index in [-0.39, 0.29) is 10.5 Å². The van der Waals surface area contributed by atoms with E-state index in [1.165, 1.54) is 42.4 Å². The molecule has 25 heavy (non-hydrogen) atoms. The van der Waals surface area contributed by atoms with Gasteiger partial charge in [0, 0.05) is 5.69 Å². The predicted octanol–water partition coefficient (Wildman–Crippen LogP) is 1.25. The summed E-state index contributed by atoms with van der Waals surface area (Å²) in [5, 5.41) is 10.8. The molecule has 10 heteroatoms. The van der Waals surface area contributed by atoms with Gasteiger partial charge in [-0.05, 0) is 59.0 Å². The highest BCUT2D eigenvalue weighted by molar-refractivity contribution is 7.92. The molecule has 0 amide bonds. The molecule has 0 bridgehead atoms. The first-order chi connectivity index (χ1) is 12.0. The lowest BCUT2D eigenvalue weighted by Crippen LogP contribution is -2.13. The molecule has 0 saturated heterocycles. The average molecular weight is 359 g/mol. The molecule has 128 valence electrons. The van der Waals surface area contributed by atoms with E-state index in [2.05, 4.69) is 25.0 Å². The van der Waals surface area contributed by atoms with Gasteiger partial charge in [-0.1, -0.05) is 0 Å². The summed E-state index contributed by atoms with van der Waals surface area (Å²) < 4.78 is 33.3. The predicted molar refractivity (Wildman–Crippen MR) is 87.7 cm³/mol. The summed E-state index contributed by atoms with van der Waals surface area (Å²) in [5.41, 5.74) is 1.34. The summed E-state index contributed by atoms with van der Waals surface area (Å²) in [6, 6.07) is 12.0. The normalized spacial score (nSPS) is 11.1. The van der Waals surface area contributed by atoms with Crippen LogP contribution in [0.1, 0.15) is 10.4 Å². The second-order valence-corrected chi connectivity index (χ2v) is 6.61. The smallest absolute Gasteiger partial charge is 0.337 e. The number of rotatable bonds is 5. The molecular formula is C15H13N5O4S. The number of hydrogen-bond acceptors (Lipinski definition) is 7. The minimum atomic E-state index is -3.78. The summed E-state index contributed by atoms with van der Waals surface area (Å²) in [7, 11) is -2.52. The number of aromatic nitrogens is 4. The van der Waals surface area contributed by atoms with Crippen molar-refractivity contribution in [3.05, 3.63) is 60.4 Å². The number of carbonyl (C=O) groups is 1. The average Bonchev–Trinajstić information content (AvgIpc) is 3.16. The Hall–Kier alpha value is -3.27. The Morgan fingerprint density at radius 2 is 1.76 bits per heavy atom. The molecule has 3 rings (SSSR count). The summed E-state index contributed by atoms with van der Waals surface area (Å²) in [5.74, 6) is -0.532. The highest BCUT2D eigenvalue weighted by Gasteiger charge is 2.15. The minimum Gasteiger partial charge on any atom is -0.465 e. The standard InChI is InChI=1S/C15H13N5O4S/c1-24-15(21)11-2-8-14(9-3-11)25(22,23)17-12-4-6-13(7-5-12)20-10-16-18-19-20/h2-10,17H,1H3. The second-order valence-electron chi connectivity index (χ2n) is 4.92. The second kappa shape index (κ2) is 6.69. The van der Waals surface area contributed by atoms with Crippen molar-refractivity contribution in [2.45, 2.75) is 4.90 Å². The van der Waals surface area contributed by atoms with Gasteiger partial charge in [-0.3, -0.25) is 4.72 Å². The third kappa shape index (κ3) is 3.63. The fraction of sp³-hybridized carbons (Fsp3) is 0.0667. The van der Waals surface area contributed by atoms with E-state index in [0.717, 1.165) is 0 Å². The van der Waals surface area contributed by atoms with Crippen molar-refractivity contribution in [2.75, 3.05) is 11.8 Å². The number of benzene rings is 2. The lowest BCUT2D eigenvalue weighted by Gasteiger charge is -2.09. The lowest BCUT2D eigenvalue weighted by molar-refractivity contribution is 0.0600. The molecule has 0 aliphatic heterocycles. The van der Waals surface area contributed by atoms with Crippen LogP contribution in [0.25, 0.3) is 5.69 Å². The zero-order chi connectivity index (χ0) is 17.9. The van der Waals surface area contributed by atoms with E-state index < -0.39 is 16.0 Å². The molecule has 0 aliphatic carbocycles. The Labute approximate surface area is 143 Å². The van der Waals surface area contributed by atoms with Crippen LogP contribution in [0, 0.1) is 0 Å². The minimum absolute atomic E-state index is 0.0321. The van der Waals surface area contributed by atoms with E-state index in [0.29, 0.717) is 11.4 Å². The molecular weight excluding hydrogens is 346 g/mol. The Morgan fingerprint density at radius 3 is 2.32 bits per heavy atom. The van der Waals surface area contributed by atoms with E-state index >= 15 is 0 Å². The highest BCUT2D eigenvalue weighted by Crippen LogP contribution is 2.18. The van der Waals surface area contributed by atoms with Gasteiger partial charge >= 0.3 is 5.97 Å². The fourth-order valence-electron chi connectivity index (χ4n) is 2.06. The molecule has 1 heterocycles. The number of tetrazole rings is 1. The van der Waals surface area contributed by atoms with Crippen LogP contribution in [0.15, 0.2) is 59.8 Å². The van der Waals surface area contributed by atoms with Gasteiger partial charge in [-0.2, -0.15) is 0 Å². The number of esters is 1. The quantitative estimate of drug-likeness (QED) is 0.681. The Kier molecular flexibility index (Phi) is 4.44. The molecule has 0 fully saturated rings. The highest BCUT2D eigenvalue weighted by atomic mass is 32.2. The van der Waals surface area contributed by atoms with E-state index in [1.807, 2.05) is 0 Å². The number of hydrogen-bond donors (Lipinski definition) is 1. The van der Waals surface area contributed by atoms with E-state index in [1.54, 1.807) is 24.3 Å². The molecule has 1 aromatic heterocycles. The molecule has 0 saturated carbocycles. The number of nitrogens with zero attached hydrogens (tertiary/aromatic N) is 4. The van der Waals surface area contributed by atoms with Crippen molar-refractivity contribution in [1.29, 1.82) is 0 Å². The Bertz CT molecular complexity index is 968. The molecule has 2 aromatic carbocycles. The van der Waals surface area contributed by atoms with Crippen LogP contribution in [-0.2, 0) is 14.8 Å². The van der Waals surface area contributed by atoms with E-state index in [9.17, 15) is 13.2 Å². The molecule has 0 atom stereocenters. The molecule has 0 aliphatic rings. The van der Waals surface area contributed by atoms with Crippen molar-refractivity contribution in [1.82, 2.24) is 20.2 Å². The van der Waals surface area contributed by atoms with Crippen molar-refractivity contribution in [2.24, 2.45) is 0 Å². The van der Waals surface area contributed by atoms with Gasteiger partial charge in [0.15, 0.2) is 0 Å². The topological polar surface area (TPSA) is 116 Å². The van der Waals surface area contributed by atoms with Crippen molar-refractivity contribution < 1.29 is 17.9 Å². The Morgan fingerprint density at radius 1 is 1.08 bits per heavy atom. The van der Waals surface area contributed by atoms with Crippen molar-refractivity contribution in [3.8, 4) is 5.69 Å². The molecule has 0 spiro atoms. The maximum absolute atomic E-state index is 12.4. The number of methoxy groups -OCH3 is 1. The summed E-state index contributed by atoms with van der Waals surface area (Å²) in [6.45, 7) is 0. The van der Waals surface area contributed by atoms with Crippen LogP contribution < -0.4 is 4.72 Å². The monoisotopic (exact) mass is 359 g/mol. The van der Waals surface area contributed by atoms with Gasteiger partial charge in [0.05, 0.1) is 23.3 Å². The molecule has 0 unspecified atom stereocenters. The maximum Gasteiger partial charge on any atom is 0.337 e. The fourth-order valence-corrected chi connectivity index (χ4v) is 3.12. The van der Waals surface area contributed by atoms with Gasteiger partial charge in [0.1, 0.15) is 6.33 Å². The zero-order valence-corrected chi connectivity index (χ0v) is 13.8. The van der Waals surface area contributed by atoms with Crippen LogP contribution in [0.3, 0.4) is 0 Å². The zero-order valence-electron chi connectivity index (χ0n) is 13.0. The van der Waals surface area contributed by atoms with E-state index in [4.69, 9.17) is 0 Å². The van der Waals surface area contributed by atoms with Gasteiger partial charge in [0.25, 0.3) is 10.0 Å². The third-order valence-electron chi connectivity index (χ3n) is 3.32. The van der Waals surface area contributed by atoms with Gasteiger partial charge < -0.3 is 4.74 Å². The van der Waals surface area contributed by atoms with Gasteiger partial charge in [-0.15, -0.1) is 5.10 Å². The maximum atomic E-state index is 12.4. The number of sulfonamides is 1. The van der Waals surface area contributed by atoms with Crippen LogP contribution in [0.5, 0.6) is 0 Å². The van der Waals surface area contributed by atoms with Crippen LogP contribution in [0.2, 0.25) is 0 Å². The lowest BCUT2D eigenvalue weighted by atomic mass is 10.2. The van der Waals surface area contributed by atoms with Gasteiger partial charge in [-0.25, -0.2) is 17.9 Å². The third-order valence-corrected chi connectivity index (χ3v) is 4.72. The van der Waals surface area contributed by atoms with Gasteiger partial charge in [0.2, 0.25) is 0 Å². The van der Waals surface area contributed by atoms with Crippen molar-refractivity contribution in [3.63, 3.8) is 0 Å². The SMILES string of the molecule is COC(=O)c1ccc(S(=O)(=O)Nc2ccc(-n3cnnn3)cc2)cc1. The first-order valence-electron chi connectivity index (χ1n) is 7.04. The molecule has 3 aromatic rings. The Balaban J connectivity index is 1.78. The van der Waals surface area contributed by atoms with Crippen LogP contribution in [-0.4, -0.2) is 41.7 Å². The molecule has 9 nitrogen and oxygen atoms in total. The first kappa shape index (κ1) is 16.6. The van der Waals surface area contributed by atoms with Crippen LogP contribution in [0.4, 0.5) is 5.69 Å². The molecule has 1 N–H and O–H groups in total.